The van der Waals surface area contributed by atoms with E-state index < -0.39 is 0 Å². The molecule has 0 saturated carbocycles. The molecule has 0 aliphatic rings. The molecule has 0 aliphatic carbocycles. The van der Waals surface area contributed by atoms with Gasteiger partial charge in [-0.2, -0.15) is 0 Å². The van der Waals surface area contributed by atoms with Gasteiger partial charge in [-0.05, 0) is 25.9 Å². The molecular formula is C20H45BP2. The molecule has 138 valence electrons. The van der Waals surface area contributed by atoms with Gasteiger partial charge in [-0.25, -0.2) is 0 Å². The molecule has 0 heterocycles. The molecule has 0 amide bonds. The predicted molar refractivity (Wildman–Crippen MR) is 118 cm³/mol. The average Bonchev–Trinajstić information content (AvgIpc) is 2.04. The Labute approximate surface area is 151 Å². The van der Waals surface area contributed by atoms with Gasteiger partial charge < -0.3 is 0 Å². The van der Waals surface area contributed by atoms with Crippen LogP contribution in [-0.4, -0.2) is 26.8 Å². The molecule has 0 bridgehead atoms. The third-order valence-corrected chi connectivity index (χ3v) is 13.8. The average molecular weight is 358 g/mol. The molecule has 0 N–H and O–H groups in total. The Bertz CT molecular complexity index is 320. The van der Waals surface area contributed by atoms with Gasteiger partial charge in [0.25, 0.3) is 0 Å². The summed E-state index contributed by atoms with van der Waals surface area (Å²) in [4.78, 5) is 0. The van der Waals surface area contributed by atoms with Crippen molar-refractivity contribution in [2.24, 2.45) is 0 Å². The number of rotatable bonds is 2. The van der Waals surface area contributed by atoms with Crippen molar-refractivity contribution in [2.75, 3.05) is 0 Å². The highest BCUT2D eigenvalue weighted by molar-refractivity contribution is 8.21. The molecule has 0 aromatic carbocycles. The first-order valence-corrected chi connectivity index (χ1v) is 12.0. The zero-order valence-corrected chi connectivity index (χ0v) is 20.8. The molecule has 3 heteroatoms. The van der Waals surface area contributed by atoms with Crippen LogP contribution < -0.4 is 0 Å². The molecule has 0 atom stereocenters. The molecule has 0 saturated heterocycles. The molecule has 0 rings (SSSR count). The molecule has 0 aromatic heterocycles. The van der Waals surface area contributed by atoms with E-state index in [0.29, 0.717) is 25.9 Å². The van der Waals surface area contributed by atoms with Gasteiger partial charge in [-0.1, -0.05) is 104 Å². The van der Waals surface area contributed by atoms with E-state index in [1.165, 1.54) is 0 Å². The summed E-state index contributed by atoms with van der Waals surface area (Å²) in [6, 6.07) is 0. The van der Waals surface area contributed by atoms with E-state index in [1.807, 2.05) is 0 Å². The lowest BCUT2D eigenvalue weighted by Crippen LogP contribution is -2.44. The van der Waals surface area contributed by atoms with E-state index in [4.69, 9.17) is 0 Å². The largest absolute Gasteiger partial charge is 0.207 e. The van der Waals surface area contributed by atoms with Crippen molar-refractivity contribution in [1.29, 1.82) is 0 Å². The summed E-state index contributed by atoms with van der Waals surface area (Å²) in [5, 5.41) is 1.86. The standard InChI is InChI=1S/C20H45BP2/c1-16(2,3)21(22(17(4,5)6)18(7,8)9)23(19(10,11)12)20(13,14)15/h1-15H3. The topological polar surface area (TPSA) is 0 Å². The van der Waals surface area contributed by atoms with Crippen molar-refractivity contribution in [3.8, 4) is 0 Å². The van der Waals surface area contributed by atoms with Crippen LogP contribution in [0.15, 0.2) is 0 Å². The predicted octanol–water partition coefficient (Wildman–Crippen LogP) is 8.43. The summed E-state index contributed by atoms with van der Waals surface area (Å²) >= 11 is 0. The van der Waals surface area contributed by atoms with Crippen molar-refractivity contribution in [3.63, 3.8) is 0 Å². The van der Waals surface area contributed by atoms with Crippen molar-refractivity contribution in [1.82, 2.24) is 0 Å². The van der Waals surface area contributed by atoms with Gasteiger partial charge in [-0.15, -0.1) is 15.6 Å². The summed E-state index contributed by atoms with van der Waals surface area (Å²) in [6.07, 6.45) is 0.799. The van der Waals surface area contributed by atoms with Crippen molar-refractivity contribution < 1.29 is 0 Å². The van der Waals surface area contributed by atoms with Crippen LogP contribution >= 0.6 is 15.6 Å². The van der Waals surface area contributed by atoms with Crippen molar-refractivity contribution in [2.45, 2.75) is 130 Å². The van der Waals surface area contributed by atoms with Crippen LogP contribution in [-0.2, 0) is 0 Å². The minimum absolute atomic E-state index is 0.133. The van der Waals surface area contributed by atoms with Crippen molar-refractivity contribution >= 4 is 21.8 Å². The second kappa shape index (κ2) is 6.91. The molecule has 0 spiro atoms. The van der Waals surface area contributed by atoms with Crippen LogP contribution in [0.5, 0.6) is 0 Å². The maximum Gasteiger partial charge on any atom is 0.207 e. The Morgan fingerprint density at radius 1 is 0.391 bits per heavy atom. The first-order valence-electron chi connectivity index (χ1n) is 9.20. The van der Waals surface area contributed by atoms with Crippen LogP contribution in [0.25, 0.3) is 0 Å². The Balaban J connectivity index is 6.55. The first-order chi connectivity index (χ1) is 9.61. The first kappa shape index (κ1) is 23.9. The highest BCUT2D eigenvalue weighted by Crippen LogP contribution is 2.78. The highest BCUT2D eigenvalue weighted by Gasteiger charge is 2.55. The van der Waals surface area contributed by atoms with Gasteiger partial charge >= 0.3 is 0 Å². The Kier molecular flexibility index (Phi) is 7.19. The number of hydrogen-bond donors (Lipinski definition) is 0. The van der Waals surface area contributed by atoms with E-state index in [-0.39, 0.29) is 15.6 Å². The molecule has 0 unspecified atom stereocenters. The van der Waals surface area contributed by atoms with E-state index in [0.717, 1.165) is 6.15 Å². The van der Waals surface area contributed by atoms with Gasteiger partial charge in [0.2, 0.25) is 6.15 Å². The molecule has 0 fully saturated rings. The maximum atomic E-state index is 2.50. The fourth-order valence-electron chi connectivity index (χ4n) is 4.37. The van der Waals surface area contributed by atoms with Gasteiger partial charge in [0.05, 0.1) is 0 Å². The molecule has 0 aliphatic heterocycles. The van der Waals surface area contributed by atoms with Crippen LogP contribution in [0.3, 0.4) is 0 Å². The third kappa shape index (κ3) is 6.62. The van der Waals surface area contributed by atoms with E-state index >= 15 is 0 Å². The minimum atomic E-state index is -0.133. The summed E-state index contributed by atoms with van der Waals surface area (Å²) in [7, 11) is -0.267. The monoisotopic (exact) mass is 358 g/mol. The van der Waals surface area contributed by atoms with Crippen LogP contribution in [0.4, 0.5) is 0 Å². The van der Waals surface area contributed by atoms with Gasteiger partial charge in [0.1, 0.15) is 0 Å². The van der Waals surface area contributed by atoms with Gasteiger partial charge in [0, 0.05) is 0 Å². The smallest absolute Gasteiger partial charge is 0.123 e. The molecule has 0 aromatic rings. The highest BCUT2D eigenvalue weighted by atomic mass is 31.2. The lowest BCUT2D eigenvalue weighted by Gasteiger charge is -2.57. The van der Waals surface area contributed by atoms with E-state index in [2.05, 4.69) is 104 Å². The summed E-state index contributed by atoms with van der Waals surface area (Å²) in [5.41, 5.74) is 0. The lowest BCUT2D eigenvalue weighted by molar-refractivity contribution is 0.696. The van der Waals surface area contributed by atoms with Crippen molar-refractivity contribution in [3.05, 3.63) is 0 Å². The Morgan fingerprint density at radius 2 is 0.565 bits per heavy atom. The van der Waals surface area contributed by atoms with Gasteiger partial charge in [-0.3, -0.25) is 0 Å². The molecule has 0 nitrogen and oxygen atoms in total. The third-order valence-electron chi connectivity index (χ3n) is 4.15. The Morgan fingerprint density at radius 3 is 0.652 bits per heavy atom. The second-order valence-electron chi connectivity index (χ2n) is 12.2. The zero-order valence-electron chi connectivity index (χ0n) is 19.0. The summed E-state index contributed by atoms with van der Waals surface area (Å²) in [5.74, 6) is 0. The lowest BCUT2D eigenvalue weighted by atomic mass is 9.71. The van der Waals surface area contributed by atoms with E-state index in [9.17, 15) is 0 Å². The molecular weight excluding hydrogens is 313 g/mol. The fraction of sp³-hybridized carbons (Fsp3) is 1.00. The second-order valence-corrected chi connectivity index (χ2v) is 20.4. The SMILES string of the molecule is CC(C)(C)B(P(C(C)(C)C)C(C)(C)C)P(C(C)(C)C)C(C)(C)C. The quantitative estimate of drug-likeness (QED) is 0.343. The van der Waals surface area contributed by atoms with E-state index in [1.54, 1.807) is 0 Å². The number of hydrogen-bond acceptors (Lipinski definition) is 0. The molecule has 0 radical (unpaired) electrons. The van der Waals surface area contributed by atoms with Crippen LogP contribution in [0, 0.1) is 0 Å². The van der Waals surface area contributed by atoms with Gasteiger partial charge in [0.15, 0.2) is 0 Å². The summed E-state index contributed by atoms with van der Waals surface area (Å²) in [6.45, 7) is 37.3. The summed E-state index contributed by atoms with van der Waals surface area (Å²) < 4.78 is 0. The minimum Gasteiger partial charge on any atom is -0.123 e. The Hall–Kier alpha value is 0.925. The normalized spacial score (nSPS) is 15.5. The van der Waals surface area contributed by atoms with Crippen LogP contribution in [0.2, 0.25) is 5.31 Å². The van der Waals surface area contributed by atoms with Crippen LogP contribution in [0.1, 0.15) is 104 Å². The fourth-order valence-corrected chi connectivity index (χ4v) is 18.0. The maximum absolute atomic E-state index is 2.50. The zero-order chi connectivity index (χ0) is 19.2. The molecule has 23 heavy (non-hydrogen) atoms.